The number of alkyl carbamates (subject to hydrolysis) is 1. The Morgan fingerprint density at radius 1 is 0.971 bits per heavy atom. The minimum absolute atomic E-state index is 0.231. The monoisotopic (exact) mass is 468 g/mol. The van der Waals surface area contributed by atoms with Gasteiger partial charge < -0.3 is 19.9 Å². The summed E-state index contributed by atoms with van der Waals surface area (Å²) in [5, 5.41) is 15.3. The largest absolute Gasteiger partial charge is 0.480 e. The van der Waals surface area contributed by atoms with Gasteiger partial charge in [0.15, 0.2) is 5.54 Å². The van der Waals surface area contributed by atoms with E-state index in [1.807, 2.05) is 48.5 Å². The fourth-order valence-corrected chi connectivity index (χ4v) is 4.33. The SMILES string of the molecule is COC(=O)C1(NCCCC[C@H](NC(=O)OC(C)(C)C)C(=O)O)c2ccccc2-c2ccccc21. The molecule has 3 N–H and O–H groups in total. The van der Waals surface area contributed by atoms with E-state index in [-0.39, 0.29) is 6.42 Å². The first-order valence-corrected chi connectivity index (χ1v) is 11.4. The number of carboxylic acid groups (broad SMARTS) is 1. The van der Waals surface area contributed by atoms with Gasteiger partial charge in [-0.15, -0.1) is 0 Å². The molecule has 0 aliphatic heterocycles. The van der Waals surface area contributed by atoms with Crippen molar-refractivity contribution < 1.29 is 29.0 Å². The highest BCUT2D eigenvalue weighted by Crippen LogP contribution is 2.47. The quantitative estimate of drug-likeness (QED) is 0.379. The predicted octanol–water partition coefficient (Wildman–Crippen LogP) is 3.82. The van der Waals surface area contributed by atoms with Gasteiger partial charge >= 0.3 is 18.0 Å². The zero-order valence-electron chi connectivity index (χ0n) is 20.0. The van der Waals surface area contributed by atoms with Crippen LogP contribution in [-0.4, -0.2) is 48.4 Å². The van der Waals surface area contributed by atoms with E-state index in [1.54, 1.807) is 20.8 Å². The molecule has 3 rings (SSSR count). The first kappa shape index (κ1) is 25.2. The third kappa shape index (κ3) is 5.22. The molecule has 0 radical (unpaired) electrons. The summed E-state index contributed by atoms with van der Waals surface area (Å²) in [5.74, 6) is -1.52. The second-order valence-corrected chi connectivity index (χ2v) is 9.29. The molecule has 1 atom stereocenters. The van der Waals surface area contributed by atoms with E-state index >= 15 is 0 Å². The van der Waals surface area contributed by atoms with Gasteiger partial charge in [-0.3, -0.25) is 5.32 Å². The van der Waals surface area contributed by atoms with E-state index in [9.17, 15) is 19.5 Å². The first-order valence-electron chi connectivity index (χ1n) is 11.4. The maximum Gasteiger partial charge on any atom is 0.408 e. The van der Waals surface area contributed by atoms with Crippen molar-refractivity contribution in [3.8, 4) is 11.1 Å². The highest BCUT2D eigenvalue weighted by atomic mass is 16.6. The molecule has 1 amide bonds. The number of carbonyl (C=O) groups is 3. The van der Waals surface area contributed by atoms with Crippen LogP contribution in [0.1, 0.15) is 51.2 Å². The van der Waals surface area contributed by atoms with Crippen molar-refractivity contribution in [2.45, 2.75) is 57.2 Å². The molecule has 2 aromatic rings. The molecule has 2 aromatic carbocycles. The molecule has 8 heteroatoms. The number of amides is 1. The van der Waals surface area contributed by atoms with Crippen LogP contribution >= 0.6 is 0 Å². The topological polar surface area (TPSA) is 114 Å². The summed E-state index contributed by atoms with van der Waals surface area (Å²) in [7, 11) is 1.37. The summed E-state index contributed by atoms with van der Waals surface area (Å²) >= 11 is 0. The Morgan fingerprint density at radius 2 is 1.53 bits per heavy atom. The van der Waals surface area contributed by atoms with Crippen molar-refractivity contribution >= 4 is 18.0 Å². The van der Waals surface area contributed by atoms with Gasteiger partial charge in [0.25, 0.3) is 0 Å². The second-order valence-electron chi connectivity index (χ2n) is 9.29. The van der Waals surface area contributed by atoms with Gasteiger partial charge in [0.2, 0.25) is 0 Å². The van der Waals surface area contributed by atoms with Crippen molar-refractivity contribution in [2.24, 2.45) is 0 Å². The number of esters is 1. The number of unbranched alkanes of at least 4 members (excludes halogenated alkanes) is 1. The number of methoxy groups -OCH3 is 1. The lowest BCUT2D eigenvalue weighted by Crippen LogP contribution is -2.50. The highest BCUT2D eigenvalue weighted by Gasteiger charge is 2.49. The smallest absolute Gasteiger partial charge is 0.408 e. The number of aliphatic carboxylic acids is 1. The van der Waals surface area contributed by atoms with E-state index in [0.29, 0.717) is 19.4 Å². The maximum atomic E-state index is 13.1. The minimum atomic E-state index is -1.14. The molecule has 1 aliphatic carbocycles. The Bertz CT molecular complexity index is 1010. The lowest BCUT2D eigenvalue weighted by atomic mass is 9.87. The molecule has 8 nitrogen and oxygen atoms in total. The van der Waals surface area contributed by atoms with Crippen LogP contribution in [0.4, 0.5) is 4.79 Å². The molecule has 0 bridgehead atoms. The van der Waals surface area contributed by atoms with Gasteiger partial charge in [0.05, 0.1) is 7.11 Å². The fourth-order valence-electron chi connectivity index (χ4n) is 4.33. The molecule has 0 spiro atoms. The maximum absolute atomic E-state index is 13.1. The first-order chi connectivity index (χ1) is 16.1. The summed E-state index contributed by atoms with van der Waals surface area (Å²) in [5.41, 5.74) is 1.76. The normalized spacial score (nSPS) is 14.5. The number of ether oxygens (including phenoxy) is 2. The molecule has 1 aliphatic rings. The van der Waals surface area contributed by atoms with Crippen LogP contribution in [0.15, 0.2) is 48.5 Å². The van der Waals surface area contributed by atoms with E-state index in [0.717, 1.165) is 22.3 Å². The van der Waals surface area contributed by atoms with Crippen LogP contribution in [0.2, 0.25) is 0 Å². The van der Waals surface area contributed by atoms with Crippen molar-refractivity contribution in [1.29, 1.82) is 0 Å². The number of benzene rings is 2. The minimum Gasteiger partial charge on any atom is -0.480 e. The third-order valence-electron chi connectivity index (χ3n) is 5.74. The van der Waals surface area contributed by atoms with Crippen LogP contribution in [0.25, 0.3) is 11.1 Å². The summed E-state index contributed by atoms with van der Waals surface area (Å²) in [6.07, 6.45) is 0.569. The predicted molar refractivity (Wildman–Crippen MR) is 127 cm³/mol. The number of fused-ring (bicyclic) bond motifs is 3. The Morgan fingerprint density at radius 3 is 2.03 bits per heavy atom. The van der Waals surface area contributed by atoms with Crippen LogP contribution in [-0.2, 0) is 24.6 Å². The Balaban J connectivity index is 1.68. The van der Waals surface area contributed by atoms with Crippen molar-refractivity contribution in [1.82, 2.24) is 10.6 Å². The Labute approximate surface area is 199 Å². The molecule has 0 saturated heterocycles. The van der Waals surface area contributed by atoms with E-state index in [1.165, 1.54) is 7.11 Å². The summed E-state index contributed by atoms with van der Waals surface area (Å²) in [4.78, 5) is 36.7. The number of carbonyl (C=O) groups excluding carboxylic acids is 2. The van der Waals surface area contributed by atoms with Crippen molar-refractivity contribution in [2.75, 3.05) is 13.7 Å². The average Bonchev–Trinajstić information content (AvgIpc) is 3.07. The zero-order valence-corrected chi connectivity index (χ0v) is 20.0. The second kappa shape index (κ2) is 10.3. The summed E-state index contributed by atoms with van der Waals surface area (Å²) < 4.78 is 10.4. The number of hydrogen-bond acceptors (Lipinski definition) is 6. The van der Waals surface area contributed by atoms with E-state index < -0.39 is 35.2 Å². The lowest BCUT2D eigenvalue weighted by molar-refractivity contribution is -0.147. The molecule has 182 valence electrons. The summed E-state index contributed by atoms with van der Waals surface area (Å²) in [6.45, 7) is 5.58. The lowest BCUT2D eigenvalue weighted by Gasteiger charge is -2.30. The molecular weight excluding hydrogens is 436 g/mol. The Kier molecular flexibility index (Phi) is 7.61. The van der Waals surface area contributed by atoms with Gasteiger partial charge in [-0.25, -0.2) is 14.4 Å². The van der Waals surface area contributed by atoms with E-state index in [2.05, 4.69) is 10.6 Å². The van der Waals surface area contributed by atoms with Crippen molar-refractivity contribution in [3.63, 3.8) is 0 Å². The molecule has 0 saturated carbocycles. The van der Waals surface area contributed by atoms with Crippen LogP contribution in [0.5, 0.6) is 0 Å². The zero-order chi connectivity index (χ0) is 24.9. The van der Waals surface area contributed by atoms with Gasteiger partial charge in [-0.05, 0) is 68.8 Å². The van der Waals surface area contributed by atoms with E-state index in [4.69, 9.17) is 9.47 Å². The fraction of sp³-hybridized carbons (Fsp3) is 0.423. The standard InChI is InChI=1S/C26H32N2O6/c1-25(2,3)34-24(32)28-21(22(29)30)15-9-10-16-27-26(23(31)33-4)19-13-7-5-11-17(19)18-12-6-8-14-20(18)26/h5-8,11-14,21,27H,9-10,15-16H2,1-4H3,(H,28,32)(H,29,30)/t21-/m0/s1. The Hall–Kier alpha value is -3.39. The number of nitrogens with one attached hydrogen (secondary N) is 2. The van der Waals surface area contributed by atoms with Gasteiger partial charge in [0, 0.05) is 0 Å². The van der Waals surface area contributed by atoms with Crippen LogP contribution in [0.3, 0.4) is 0 Å². The molecule has 34 heavy (non-hydrogen) atoms. The van der Waals surface area contributed by atoms with Crippen LogP contribution < -0.4 is 10.6 Å². The summed E-state index contributed by atoms with van der Waals surface area (Å²) in [6, 6.07) is 14.4. The van der Waals surface area contributed by atoms with Gasteiger partial charge in [-0.1, -0.05) is 48.5 Å². The number of rotatable bonds is 9. The molecule has 0 unspecified atom stereocenters. The average molecular weight is 469 g/mol. The number of hydrogen-bond donors (Lipinski definition) is 3. The molecule has 0 fully saturated rings. The van der Waals surface area contributed by atoms with Gasteiger partial charge in [0.1, 0.15) is 11.6 Å². The molecule has 0 aromatic heterocycles. The third-order valence-corrected chi connectivity index (χ3v) is 5.74. The van der Waals surface area contributed by atoms with Crippen LogP contribution in [0, 0.1) is 0 Å². The highest BCUT2D eigenvalue weighted by molar-refractivity contribution is 5.97. The number of carboxylic acids is 1. The van der Waals surface area contributed by atoms with Gasteiger partial charge in [-0.2, -0.15) is 0 Å². The van der Waals surface area contributed by atoms with Crippen molar-refractivity contribution in [3.05, 3.63) is 59.7 Å². The molecule has 0 heterocycles. The molecular formula is C26H32N2O6.